The van der Waals surface area contributed by atoms with Crippen LogP contribution in [0, 0.1) is 4.91 Å². The van der Waals surface area contributed by atoms with Crippen LogP contribution in [-0.2, 0) is 9.53 Å². The molecule has 0 bridgehead atoms. The van der Waals surface area contributed by atoms with Gasteiger partial charge in [-0.05, 0) is 30.2 Å². The number of carbonyl (C=O) groups is 1. The van der Waals surface area contributed by atoms with Gasteiger partial charge in [0, 0.05) is 13.2 Å². The van der Waals surface area contributed by atoms with E-state index in [-0.39, 0.29) is 18.4 Å². The van der Waals surface area contributed by atoms with E-state index in [1.54, 1.807) is 18.2 Å². The standard InChI is InChI=1S/C13H16N2O4/c16-6-8-19-12-5-1-4-11(13(12)15-17)14-9-10-3-2-7-18-10/h1,4-6,10,14H,2-3,7-9H2. The maximum Gasteiger partial charge on any atom is 0.172 e. The summed E-state index contributed by atoms with van der Waals surface area (Å²) in [7, 11) is 0. The first-order valence-electron chi connectivity index (χ1n) is 6.23. The van der Waals surface area contributed by atoms with Gasteiger partial charge in [-0.3, -0.25) is 4.79 Å². The second-order valence-corrected chi connectivity index (χ2v) is 4.24. The third-order valence-electron chi connectivity index (χ3n) is 2.94. The topological polar surface area (TPSA) is 77.0 Å². The lowest BCUT2D eigenvalue weighted by Gasteiger charge is -2.14. The Labute approximate surface area is 111 Å². The largest absolute Gasteiger partial charge is 0.484 e. The van der Waals surface area contributed by atoms with Crippen molar-refractivity contribution < 1.29 is 14.3 Å². The fourth-order valence-corrected chi connectivity index (χ4v) is 2.03. The Balaban J connectivity index is 2.05. The normalized spacial score (nSPS) is 18.0. The molecule has 19 heavy (non-hydrogen) atoms. The molecule has 0 aromatic heterocycles. The zero-order valence-electron chi connectivity index (χ0n) is 10.5. The lowest BCUT2D eigenvalue weighted by atomic mass is 10.2. The molecule has 1 fully saturated rings. The Morgan fingerprint density at radius 3 is 3.11 bits per heavy atom. The molecule has 2 rings (SSSR count). The molecular weight excluding hydrogens is 248 g/mol. The van der Waals surface area contributed by atoms with Crippen molar-refractivity contribution >= 4 is 17.7 Å². The second kappa shape index (κ2) is 6.84. The number of hydrogen-bond donors (Lipinski definition) is 1. The van der Waals surface area contributed by atoms with Gasteiger partial charge in [-0.1, -0.05) is 6.07 Å². The zero-order valence-corrected chi connectivity index (χ0v) is 10.5. The number of ether oxygens (including phenoxy) is 2. The molecule has 102 valence electrons. The van der Waals surface area contributed by atoms with Crippen molar-refractivity contribution in [2.45, 2.75) is 18.9 Å². The predicted molar refractivity (Wildman–Crippen MR) is 70.9 cm³/mol. The van der Waals surface area contributed by atoms with E-state index in [1.165, 1.54) is 0 Å². The minimum atomic E-state index is -0.0995. The van der Waals surface area contributed by atoms with Gasteiger partial charge in [-0.25, -0.2) is 0 Å². The third-order valence-corrected chi connectivity index (χ3v) is 2.94. The van der Waals surface area contributed by atoms with E-state index in [4.69, 9.17) is 9.47 Å². The van der Waals surface area contributed by atoms with Gasteiger partial charge in [-0.15, -0.1) is 4.91 Å². The van der Waals surface area contributed by atoms with Crippen molar-refractivity contribution in [1.29, 1.82) is 0 Å². The highest BCUT2D eigenvalue weighted by Gasteiger charge is 2.16. The van der Waals surface area contributed by atoms with Crippen LogP contribution in [0.4, 0.5) is 11.4 Å². The van der Waals surface area contributed by atoms with Crippen LogP contribution >= 0.6 is 0 Å². The summed E-state index contributed by atoms with van der Waals surface area (Å²) in [4.78, 5) is 21.2. The van der Waals surface area contributed by atoms with Crippen LogP contribution in [0.15, 0.2) is 23.4 Å². The summed E-state index contributed by atoms with van der Waals surface area (Å²) in [6.45, 7) is 1.31. The van der Waals surface area contributed by atoms with Crippen LogP contribution in [0.3, 0.4) is 0 Å². The van der Waals surface area contributed by atoms with Gasteiger partial charge in [0.05, 0.1) is 11.8 Å². The summed E-state index contributed by atoms with van der Waals surface area (Å²) < 4.78 is 10.7. The van der Waals surface area contributed by atoms with Gasteiger partial charge in [0.15, 0.2) is 17.7 Å². The SMILES string of the molecule is O=CCOc1cccc(NCC2CCCO2)c1N=O. The molecule has 1 unspecified atom stereocenters. The lowest BCUT2D eigenvalue weighted by Crippen LogP contribution is -2.18. The monoisotopic (exact) mass is 264 g/mol. The first-order valence-corrected chi connectivity index (χ1v) is 6.23. The Hall–Kier alpha value is -1.95. The molecule has 0 saturated carbocycles. The number of aldehydes is 1. The minimum absolute atomic E-state index is 0.0995. The number of anilines is 1. The van der Waals surface area contributed by atoms with Crippen LogP contribution in [0.1, 0.15) is 12.8 Å². The first kappa shape index (κ1) is 13.5. The van der Waals surface area contributed by atoms with Gasteiger partial charge in [-0.2, -0.15) is 0 Å². The van der Waals surface area contributed by atoms with Gasteiger partial charge in [0.1, 0.15) is 6.61 Å². The molecule has 1 atom stereocenters. The molecule has 1 N–H and O–H groups in total. The van der Waals surface area contributed by atoms with E-state index in [0.717, 1.165) is 19.4 Å². The summed E-state index contributed by atoms with van der Waals surface area (Å²) in [5.74, 6) is 0.305. The highest BCUT2D eigenvalue weighted by molar-refractivity contribution is 5.72. The van der Waals surface area contributed by atoms with E-state index in [1.807, 2.05) is 0 Å². The van der Waals surface area contributed by atoms with E-state index in [9.17, 15) is 9.70 Å². The zero-order chi connectivity index (χ0) is 13.5. The molecule has 1 saturated heterocycles. The van der Waals surface area contributed by atoms with Crippen LogP contribution in [-0.4, -0.2) is 32.1 Å². The van der Waals surface area contributed by atoms with E-state index < -0.39 is 0 Å². The second-order valence-electron chi connectivity index (χ2n) is 4.24. The lowest BCUT2D eigenvalue weighted by molar-refractivity contribution is -0.109. The van der Waals surface area contributed by atoms with Crippen LogP contribution in [0.25, 0.3) is 0 Å². The maximum absolute atomic E-state index is 10.9. The van der Waals surface area contributed by atoms with E-state index >= 15 is 0 Å². The third kappa shape index (κ3) is 3.51. The smallest absolute Gasteiger partial charge is 0.172 e. The first-order chi connectivity index (χ1) is 9.35. The minimum Gasteiger partial charge on any atom is -0.484 e. The molecular formula is C13H16N2O4. The Kier molecular flexibility index (Phi) is 4.85. The molecule has 1 aromatic rings. The number of nitroso groups, excluding NO2 is 1. The summed E-state index contributed by atoms with van der Waals surface area (Å²) >= 11 is 0. The molecule has 1 aliphatic rings. The van der Waals surface area contributed by atoms with Crippen LogP contribution in [0.2, 0.25) is 0 Å². The number of nitrogens with zero attached hydrogens (tertiary/aromatic N) is 1. The van der Waals surface area contributed by atoms with Gasteiger partial charge < -0.3 is 14.8 Å². The molecule has 6 heteroatoms. The number of carbonyl (C=O) groups excluding carboxylic acids is 1. The van der Waals surface area contributed by atoms with Crippen molar-refractivity contribution in [3.8, 4) is 5.75 Å². The highest BCUT2D eigenvalue weighted by Crippen LogP contribution is 2.35. The average Bonchev–Trinajstić information content (AvgIpc) is 2.96. The quantitative estimate of drug-likeness (QED) is 0.603. The van der Waals surface area contributed by atoms with E-state index in [0.29, 0.717) is 24.3 Å². The van der Waals surface area contributed by atoms with Crippen molar-refractivity contribution in [1.82, 2.24) is 0 Å². The Morgan fingerprint density at radius 1 is 1.53 bits per heavy atom. The van der Waals surface area contributed by atoms with Crippen LogP contribution < -0.4 is 10.1 Å². The van der Waals surface area contributed by atoms with E-state index in [2.05, 4.69) is 10.5 Å². The fraction of sp³-hybridized carbons (Fsp3) is 0.462. The fourth-order valence-electron chi connectivity index (χ4n) is 2.03. The molecule has 0 radical (unpaired) electrons. The van der Waals surface area contributed by atoms with Gasteiger partial charge >= 0.3 is 0 Å². The molecule has 1 aromatic carbocycles. The molecule has 0 spiro atoms. The summed E-state index contributed by atoms with van der Waals surface area (Å²) in [5.41, 5.74) is 0.774. The summed E-state index contributed by atoms with van der Waals surface area (Å²) in [6, 6.07) is 5.10. The number of nitrogens with one attached hydrogen (secondary N) is 1. The van der Waals surface area contributed by atoms with Crippen molar-refractivity contribution in [3.63, 3.8) is 0 Å². The summed E-state index contributed by atoms with van der Waals surface area (Å²) in [6.07, 6.45) is 2.87. The Bertz CT molecular complexity index is 444. The van der Waals surface area contributed by atoms with Crippen molar-refractivity contribution in [3.05, 3.63) is 23.1 Å². The molecule has 6 nitrogen and oxygen atoms in total. The summed E-state index contributed by atoms with van der Waals surface area (Å²) in [5, 5.41) is 6.11. The van der Waals surface area contributed by atoms with Gasteiger partial charge in [0.2, 0.25) is 0 Å². The Morgan fingerprint density at radius 2 is 2.42 bits per heavy atom. The number of hydrogen-bond acceptors (Lipinski definition) is 6. The maximum atomic E-state index is 10.9. The van der Waals surface area contributed by atoms with Crippen molar-refractivity contribution in [2.24, 2.45) is 5.18 Å². The van der Waals surface area contributed by atoms with Gasteiger partial charge in [0.25, 0.3) is 0 Å². The van der Waals surface area contributed by atoms with Crippen molar-refractivity contribution in [2.75, 3.05) is 25.1 Å². The molecule has 1 heterocycles. The number of benzene rings is 1. The molecule has 1 aliphatic heterocycles. The number of rotatable bonds is 7. The highest BCUT2D eigenvalue weighted by atomic mass is 16.5. The van der Waals surface area contributed by atoms with Crippen LogP contribution in [0.5, 0.6) is 5.75 Å². The predicted octanol–water partition coefficient (Wildman–Crippen LogP) is 2.25. The molecule has 0 amide bonds. The molecule has 0 aliphatic carbocycles. The average molecular weight is 264 g/mol.